The largest absolute Gasteiger partial charge is 0.491 e. The second kappa shape index (κ2) is 8.72. The maximum Gasteiger partial charge on any atom is 0.204 e. The zero-order chi connectivity index (χ0) is 26.8. The standard InChI is InChI=1S/C27H11F9O/c1-37-27-25(35)23(33)22(24(34)26(27)36)21-13-7-11(28)3-4-12(13)20(10-2-5-16(29)17(30)6-10)14-8-18(31)19(32)9-15(14)21/h2-9H,1H3. The molecule has 5 aromatic rings. The number of hydrogen-bond acceptors (Lipinski definition) is 1. The second-order valence-electron chi connectivity index (χ2n) is 8.04. The van der Waals surface area contributed by atoms with Crippen molar-refractivity contribution in [3.8, 4) is 28.0 Å². The summed E-state index contributed by atoms with van der Waals surface area (Å²) in [6.45, 7) is 0. The molecular formula is C27H11F9O. The molecule has 0 atom stereocenters. The summed E-state index contributed by atoms with van der Waals surface area (Å²) in [6.07, 6.45) is 0. The van der Waals surface area contributed by atoms with E-state index in [1.165, 1.54) is 0 Å². The SMILES string of the molecule is COc1c(F)c(F)c(-c2c3cc(F)ccc3c(-c3ccc(F)c(F)c3)c3cc(F)c(F)cc23)c(F)c1F. The normalized spacial score (nSPS) is 11.5. The molecule has 5 aromatic carbocycles. The Balaban J connectivity index is 2.08. The minimum absolute atomic E-state index is 0.0777. The lowest BCUT2D eigenvalue weighted by Gasteiger charge is -2.20. The van der Waals surface area contributed by atoms with E-state index in [1.54, 1.807) is 0 Å². The van der Waals surface area contributed by atoms with Gasteiger partial charge in [0.15, 0.2) is 40.7 Å². The molecule has 0 heterocycles. The summed E-state index contributed by atoms with van der Waals surface area (Å²) in [5.41, 5.74) is -2.20. The number of halogens is 9. The highest BCUT2D eigenvalue weighted by Gasteiger charge is 2.30. The van der Waals surface area contributed by atoms with Gasteiger partial charge in [0, 0.05) is 5.56 Å². The van der Waals surface area contributed by atoms with Crippen LogP contribution in [0.3, 0.4) is 0 Å². The van der Waals surface area contributed by atoms with E-state index < -0.39 is 74.6 Å². The van der Waals surface area contributed by atoms with Gasteiger partial charge in [-0.2, -0.15) is 8.78 Å². The molecule has 0 radical (unpaired) electrons. The molecule has 0 aliphatic rings. The maximum atomic E-state index is 15.2. The summed E-state index contributed by atoms with van der Waals surface area (Å²) in [6, 6.07) is 6.50. The summed E-state index contributed by atoms with van der Waals surface area (Å²) >= 11 is 0. The molecule has 5 rings (SSSR count). The topological polar surface area (TPSA) is 9.23 Å². The van der Waals surface area contributed by atoms with Gasteiger partial charge in [-0.1, -0.05) is 12.1 Å². The first-order valence-corrected chi connectivity index (χ1v) is 10.4. The molecule has 1 nitrogen and oxygen atoms in total. The van der Waals surface area contributed by atoms with Crippen LogP contribution < -0.4 is 4.74 Å². The van der Waals surface area contributed by atoms with Crippen LogP contribution in [0.2, 0.25) is 0 Å². The fourth-order valence-electron chi connectivity index (χ4n) is 4.43. The van der Waals surface area contributed by atoms with Crippen molar-refractivity contribution in [1.82, 2.24) is 0 Å². The van der Waals surface area contributed by atoms with Crippen LogP contribution in [0.25, 0.3) is 43.8 Å². The van der Waals surface area contributed by atoms with Gasteiger partial charge in [-0.25, -0.2) is 30.7 Å². The van der Waals surface area contributed by atoms with Gasteiger partial charge in [0.1, 0.15) is 5.82 Å². The van der Waals surface area contributed by atoms with Crippen LogP contribution in [0.1, 0.15) is 0 Å². The van der Waals surface area contributed by atoms with E-state index in [0.29, 0.717) is 12.1 Å². The Morgan fingerprint density at radius 3 is 1.57 bits per heavy atom. The molecule has 0 fully saturated rings. The molecule has 37 heavy (non-hydrogen) atoms. The fraction of sp³-hybridized carbons (Fsp3) is 0.0370. The molecule has 0 bridgehead atoms. The van der Waals surface area contributed by atoms with Crippen LogP contribution in [0.15, 0.2) is 48.5 Å². The Labute approximate surface area is 202 Å². The van der Waals surface area contributed by atoms with Crippen LogP contribution >= 0.6 is 0 Å². The highest BCUT2D eigenvalue weighted by Crippen LogP contribution is 2.47. The van der Waals surface area contributed by atoms with Gasteiger partial charge in [-0.15, -0.1) is 0 Å². The first kappa shape index (κ1) is 24.5. The molecule has 0 aliphatic carbocycles. The Bertz CT molecular complexity index is 1730. The van der Waals surface area contributed by atoms with Crippen molar-refractivity contribution in [3.05, 3.63) is 101 Å². The number of ether oxygens (including phenoxy) is 1. The predicted molar refractivity (Wildman–Crippen MR) is 119 cm³/mol. The average molecular weight is 522 g/mol. The molecule has 188 valence electrons. The van der Waals surface area contributed by atoms with E-state index >= 15 is 8.78 Å². The number of fused-ring (bicyclic) bond motifs is 2. The Hall–Kier alpha value is -4.21. The summed E-state index contributed by atoms with van der Waals surface area (Å²) in [7, 11) is 0.773. The number of methoxy groups -OCH3 is 1. The Morgan fingerprint density at radius 2 is 1.00 bits per heavy atom. The van der Waals surface area contributed by atoms with Gasteiger partial charge in [0.2, 0.25) is 11.6 Å². The molecule has 0 amide bonds. The van der Waals surface area contributed by atoms with E-state index in [-0.39, 0.29) is 27.3 Å². The third kappa shape index (κ3) is 3.66. The van der Waals surface area contributed by atoms with E-state index in [2.05, 4.69) is 4.74 Å². The van der Waals surface area contributed by atoms with Crippen molar-refractivity contribution in [1.29, 1.82) is 0 Å². The Kier molecular flexibility index (Phi) is 5.77. The minimum Gasteiger partial charge on any atom is -0.491 e. The highest BCUT2D eigenvalue weighted by atomic mass is 19.2. The van der Waals surface area contributed by atoms with Gasteiger partial charge < -0.3 is 4.74 Å². The number of benzene rings is 5. The van der Waals surface area contributed by atoms with Crippen LogP contribution in [-0.4, -0.2) is 7.11 Å². The lowest BCUT2D eigenvalue weighted by Crippen LogP contribution is -2.05. The van der Waals surface area contributed by atoms with Gasteiger partial charge in [-0.05, 0) is 69.1 Å². The quantitative estimate of drug-likeness (QED) is 0.131. The molecule has 0 N–H and O–H groups in total. The van der Waals surface area contributed by atoms with Crippen LogP contribution in [0.4, 0.5) is 39.5 Å². The summed E-state index contributed by atoms with van der Waals surface area (Å²) < 4.78 is 135. The molecule has 0 saturated carbocycles. The van der Waals surface area contributed by atoms with Crippen LogP contribution in [-0.2, 0) is 0 Å². The monoisotopic (exact) mass is 522 g/mol. The predicted octanol–water partition coefficient (Wildman–Crippen LogP) is 8.59. The molecule has 10 heteroatoms. The Morgan fingerprint density at radius 1 is 0.459 bits per heavy atom. The zero-order valence-corrected chi connectivity index (χ0v) is 18.4. The van der Waals surface area contributed by atoms with Gasteiger partial charge in [0.05, 0.1) is 12.7 Å². The van der Waals surface area contributed by atoms with Crippen LogP contribution in [0, 0.1) is 52.4 Å². The van der Waals surface area contributed by atoms with Crippen LogP contribution in [0.5, 0.6) is 5.75 Å². The summed E-state index contributed by atoms with van der Waals surface area (Å²) in [5.74, 6) is -15.5. The van der Waals surface area contributed by atoms with Crippen molar-refractivity contribution in [2.75, 3.05) is 7.11 Å². The van der Waals surface area contributed by atoms with Crippen molar-refractivity contribution < 1.29 is 44.3 Å². The second-order valence-corrected chi connectivity index (χ2v) is 8.04. The van der Waals surface area contributed by atoms with Crippen molar-refractivity contribution in [2.45, 2.75) is 0 Å². The molecule has 0 aliphatic heterocycles. The molecule has 0 spiro atoms. The maximum absolute atomic E-state index is 15.2. The van der Waals surface area contributed by atoms with E-state index in [4.69, 9.17) is 0 Å². The van der Waals surface area contributed by atoms with Gasteiger partial charge >= 0.3 is 0 Å². The summed E-state index contributed by atoms with van der Waals surface area (Å²) in [5, 5.41) is -1.23. The summed E-state index contributed by atoms with van der Waals surface area (Å²) in [4.78, 5) is 0. The first-order chi connectivity index (χ1) is 17.5. The number of hydrogen-bond donors (Lipinski definition) is 0. The van der Waals surface area contributed by atoms with Gasteiger partial charge in [-0.3, -0.25) is 0 Å². The van der Waals surface area contributed by atoms with E-state index in [0.717, 1.165) is 43.5 Å². The minimum atomic E-state index is -1.94. The molecule has 0 aromatic heterocycles. The molecule has 0 saturated heterocycles. The number of rotatable bonds is 3. The smallest absolute Gasteiger partial charge is 0.204 e. The van der Waals surface area contributed by atoms with E-state index in [9.17, 15) is 30.7 Å². The highest BCUT2D eigenvalue weighted by molar-refractivity contribution is 6.21. The lowest BCUT2D eigenvalue weighted by atomic mass is 9.85. The lowest BCUT2D eigenvalue weighted by molar-refractivity contribution is 0.334. The zero-order valence-electron chi connectivity index (χ0n) is 18.4. The van der Waals surface area contributed by atoms with Crippen molar-refractivity contribution in [3.63, 3.8) is 0 Å². The molecular weight excluding hydrogens is 511 g/mol. The third-order valence-corrected chi connectivity index (χ3v) is 6.00. The third-order valence-electron chi connectivity index (χ3n) is 6.00. The first-order valence-electron chi connectivity index (χ1n) is 10.4. The average Bonchev–Trinajstić information content (AvgIpc) is 2.86. The molecule has 0 unspecified atom stereocenters. The van der Waals surface area contributed by atoms with Crippen molar-refractivity contribution in [2.24, 2.45) is 0 Å². The van der Waals surface area contributed by atoms with E-state index in [1.807, 2.05) is 0 Å². The fourth-order valence-corrected chi connectivity index (χ4v) is 4.43. The van der Waals surface area contributed by atoms with Crippen molar-refractivity contribution >= 4 is 21.5 Å². The van der Waals surface area contributed by atoms with Gasteiger partial charge in [0.25, 0.3) is 0 Å².